The zero-order chi connectivity index (χ0) is 19.4. The molecule has 1 N–H and O–H groups in total. The molecule has 1 unspecified atom stereocenters. The maximum absolute atomic E-state index is 12.9. The Balaban J connectivity index is 1.67. The zero-order valence-corrected chi connectivity index (χ0v) is 15.2. The third-order valence-electron chi connectivity index (χ3n) is 5.44. The monoisotopic (exact) mass is 378 g/mol. The van der Waals surface area contributed by atoms with Gasteiger partial charge in [-0.15, -0.1) is 0 Å². The summed E-state index contributed by atoms with van der Waals surface area (Å²) in [7, 11) is 1.71. The molecular weight excluding hydrogens is 360 g/mol. The Hall–Kier alpha value is -3.62. The maximum Gasteiger partial charge on any atom is 0.407 e. The van der Waals surface area contributed by atoms with Crippen LogP contribution in [0.3, 0.4) is 0 Å². The number of amides is 1. The van der Waals surface area contributed by atoms with Crippen molar-refractivity contribution in [2.45, 2.75) is 12.5 Å². The Labute approximate surface area is 159 Å². The zero-order valence-electron chi connectivity index (χ0n) is 15.2. The van der Waals surface area contributed by atoms with Crippen molar-refractivity contribution in [3.05, 3.63) is 53.2 Å². The maximum atomic E-state index is 12.9. The molecule has 9 heteroatoms. The smallest absolute Gasteiger partial charge is 0.407 e. The summed E-state index contributed by atoms with van der Waals surface area (Å²) >= 11 is 0. The minimum absolute atomic E-state index is 0.184. The van der Waals surface area contributed by atoms with E-state index in [4.69, 9.17) is 4.98 Å². The first-order valence-electron chi connectivity index (χ1n) is 9.03. The molecule has 28 heavy (non-hydrogen) atoms. The number of aryl methyl sites for hydroxylation is 1. The van der Waals surface area contributed by atoms with Crippen molar-refractivity contribution in [1.82, 2.24) is 28.6 Å². The topological polar surface area (TPSA) is 97.7 Å². The van der Waals surface area contributed by atoms with Crippen LogP contribution in [0.5, 0.6) is 0 Å². The first-order chi connectivity index (χ1) is 13.5. The molecule has 142 valence electrons. The summed E-state index contributed by atoms with van der Waals surface area (Å²) in [5, 5.41) is 13.6. The summed E-state index contributed by atoms with van der Waals surface area (Å²) in [5.41, 5.74) is 3.63. The molecule has 1 aliphatic rings. The fourth-order valence-electron chi connectivity index (χ4n) is 3.97. The molecule has 0 aromatic carbocycles. The molecule has 1 aliphatic heterocycles. The molecule has 1 amide bonds. The van der Waals surface area contributed by atoms with Gasteiger partial charge in [-0.05, 0) is 30.7 Å². The van der Waals surface area contributed by atoms with Crippen molar-refractivity contribution >= 4 is 22.8 Å². The average molecular weight is 378 g/mol. The number of hydrogen-bond donors (Lipinski definition) is 1. The van der Waals surface area contributed by atoms with Crippen LogP contribution >= 0.6 is 0 Å². The van der Waals surface area contributed by atoms with E-state index in [0.29, 0.717) is 18.6 Å². The predicted octanol–water partition coefficient (Wildman–Crippen LogP) is 1.97. The molecule has 5 rings (SSSR count). The molecule has 5 heterocycles. The SMILES string of the molecule is Cn1c(=O)n(C2CCN(C(=O)O)C2)c2nc(-c3cnn4ccccc34)ccc21. The quantitative estimate of drug-likeness (QED) is 0.575. The Morgan fingerprint density at radius 1 is 1.21 bits per heavy atom. The second kappa shape index (κ2) is 5.95. The highest BCUT2D eigenvalue weighted by atomic mass is 16.4. The summed E-state index contributed by atoms with van der Waals surface area (Å²) in [6.07, 6.45) is 3.26. The van der Waals surface area contributed by atoms with Crippen LogP contribution in [0, 0.1) is 0 Å². The van der Waals surface area contributed by atoms with Crippen LogP contribution in [0.15, 0.2) is 47.5 Å². The second-order valence-corrected chi connectivity index (χ2v) is 7.01. The van der Waals surface area contributed by atoms with E-state index in [1.54, 1.807) is 26.9 Å². The Morgan fingerprint density at radius 3 is 2.86 bits per heavy atom. The number of aromatic nitrogens is 5. The number of likely N-dealkylation sites (tertiary alicyclic amines) is 1. The lowest BCUT2D eigenvalue weighted by Crippen LogP contribution is -2.30. The number of rotatable bonds is 2. The van der Waals surface area contributed by atoms with Crippen molar-refractivity contribution in [3.63, 3.8) is 0 Å². The first-order valence-corrected chi connectivity index (χ1v) is 9.03. The second-order valence-electron chi connectivity index (χ2n) is 7.01. The van der Waals surface area contributed by atoms with E-state index in [-0.39, 0.29) is 18.3 Å². The third kappa shape index (κ3) is 2.32. The van der Waals surface area contributed by atoms with Gasteiger partial charge < -0.3 is 10.0 Å². The normalized spacial score (nSPS) is 17.0. The highest BCUT2D eigenvalue weighted by molar-refractivity contribution is 5.82. The molecule has 0 saturated carbocycles. The first kappa shape index (κ1) is 16.5. The van der Waals surface area contributed by atoms with E-state index in [2.05, 4.69) is 5.10 Å². The van der Waals surface area contributed by atoms with Crippen molar-refractivity contribution in [2.75, 3.05) is 13.1 Å². The molecule has 4 aromatic heterocycles. The number of hydrogen-bond acceptors (Lipinski definition) is 4. The number of carbonyl (C=O) groups is 1. The molecule has 4 aromatic rings. The van der Waals surface area contributed by atoms with Crippen molar-refractivity contribution in [1.29, 1.82) is 0 Å². The van der Waals surface area contributed by atoms with Gasteiger partial charge in [0, 0.05) is 31.9 Å². The molecule has 1 atom stereocenters. The van der Waals surface area contributed by atoms with Crippen molar-refractivity contribution in [2.24, 2.45) is 7.05 Å². The molecule has 1 saturated heterocycles. The highest BCUT2D eigenvalue weighted by Crippen LogP contribution is 2.28. The molecule has 0 radical (unpaired) electrons. The van der Waals surface area contributed by atoms with Crippen LogP contribution in [0.25, 0.3) is 27.9 Å². The van der Waals surface area contributed by atoms with E-state index >= 15 is 0 Å². The van der Waals surface area contributed by atoms with Gasteiger partial charge >= 0.3 is 11.8 Å². The number of fused-ring (bicyclic) bond motifs is 2. The summed E-state index contributed by atoms with van der Waals surface area (Å²) in [6, 6.07) is 9.35. The molecule has 9 nitrogen and oxygen atoms in total. The standard InChI is InChI=1S/C19H18N6O3/c1-22-16-6-5-14(13-10-20-24-8-3-2-4-15(13)24)21-17(16)25(18(22)26)12-7-9-23(11-12)19(27)28/h2-6,8,10,12H,7,9,11H2,1H3,(H,27,28). The van der Waals surface area contributed by atoms with E-state index in [9.17, 15) is 14.7 Å². The van der Waals surface area contributed by atoms with Gasteiger partial charge in [-0.1, -0.05) is 6.07 Å². The van der Waals surface area contributed by atoms with Crippen molar-refractivity contribution in [3.8, 4) is 11.3 Å². The Morgan fingerprint density at radius 2 is 2.07 bits per heavy atom. The summed E-state index contributed by atoms with van der Waals surface area (Å²) in [5.74, 6) is 0. The van der Waals surface area contributed by atoms with Crippen LogP contribution in [-0.2, 0) is 7.05 Å². The third-order valence-corrected chi connectivity index (χ3v) is 5.44. The predicted molar refractivity (Wildman–Crippen MR) is 102 cm³/mol. The van der Waals surface area contributed by atoms with Crippen LogP contribution in [0.2, 0.25) is 0 Å². The molecule has 0 bridgehead atoms. The van der Waals surface area contributed by atoms with E-state index in [0.717, 1.165) is 22.3 Å². The summed E-state index contributed by atoms with van der Waals surface area (Å²) < 4.78 is 4.97. The fourth-order valence-corrected chi connectivity index (χ4v) is 3.97. The fraction of sp³-hybridized carbons (Fsp3) is 0.263. The van der Waals surface area contributed by atoms with Crippen LogP contribution in [-0.4, -0.2) is 52.9 Å². The van der Waals surface area contributed by atoms with Gasteiger partial charge in [0.25, 0.3) is 0 Å². The van der Waals surface area contributed by atoms with Gasteiger partial charge in [0.1, 0.15) is 0 Å². The summed E-state index contributed by atoms with van der Waals surface area (Å²) in [4.78, 5) is 30.3. The largest absolute Gasteiger partial charge is 0.465 e. The van der Waals surface area contributed by atoms with Crippen molar-refractivity contribution < 1.29 is 9.90 Å². The Bertz CT molecular complexity index is 1280. The number of imidazole rings is 1. The lowest BCUT2D eigenvalue weighted by molar-refractivity contribution is 0.154. The van der Waals surface area contributed by atoms with E-state index < -0.39 is 6.09 Å². The van der Waals surface area contributed by atoms with Gasteiger partial charge in [-0.2, -0.15) is 5.10 Å². The highest BCUT2D eigenvalue weighted by Gasteiger charge is 2.30. The molecular formula is C19H18N6O3. The van der Waals surface area contributed by atoms with Crippen LogP contribution < -0.4 is 5.69 Å². The minimum atomic E-state index is -0.962. The lowest BCUT2D eigenvalue weighted by atomic mass is 10.2. The van der Waals surface area contributed by atoms with Gasteiger partial charge in [0.2, 0.25) is 0 Å². The van der Waals surface area contributed by atoms with Gasteiger partial charge in [0.15, 0.2) is 5.65 Å². The van der Waals surface area contributed by atoms with E-state index in [1.807, 2.05) is 36.5 Å². The van der Waals surface area contributed by atoms with Crippen LogP contribution in [0.1, 0.15) is 12.5 Å². The lowest BCUT2D eigenvalue weighted by Gasteiger charge is -2.13. The van der Waals surface area contributed by atoms with Gasteiger partial charge in [-0.3, -0.25) is 9.13 Å². The van der Waals surface area contributed by atoms with Gasteiger partial charge in [-0.25, -0.2) is 19.1 Å². The van der Waals surface area contributed by atoms with Gasteiger partial charge in [0.05, 0.1) is 29.0 Å². The molecule has 0 aliphatic carbocycles. The molecule has 1 fully saturated rings. The average Bonchev–Trinajstić information content (AvgIpc) is 3.39. The number of nitrogens with zero attached hydrogens (tertiary/aromatic N) is 6. The summed E-state index contributed by atoms with van der Waals surface area (Å²) in [6.45, 7) is 0.702. The number of carboxylic acid groups (broad SMARTS) is 1. The minimum Gasteiger partial charge on any atom is -0.465 e. The molecule has 0 spiro atoms. The number of pyridine rings is 2. The van der Waals surface area contributed by atoms with Crippen LogP contribution in [0.4, 0.5) is 4.79 Å². The van der Waals surface area contributed by atoms with E-state index in [1.165, 1.54) is 4.90 Å². The Kier molecular flexibility index (Phi) is 3.51.